The predicted octanol–water partition coefficient (Wildman–Crippen LogP) is 3.91. The van der Waals surface area contributed by atoms with Crippen LogP contribution in [0.2, 0.25) is 0 Å². The summed E-state index contributed by atoms with van der Waals surface area (Å²) < 4.78 is 0. The van der Waals surface area contributed by atoms with Gasteiger partial charge in [-0.1, -0.05) is 24.3 Å². The lowest BCUT2D eigenvalue weighted by atomic mass is 9.94. The number of amides is 1. The van der Waals surface area contributed by atoms with Gasteiger partial charge in [-0.25, -0.2) is 0 Å². The molecule has 3 aliphatic rings. The number of rotatable bonds is 2. The number of benzene rings is 1. The van der Waals surface area contributed by atoms with E-state index in [-0.39, 0.29) is 11.8 Å². The lowest BCUT2D eigenvalue weighted by molar-refractivity contribution is -0.122. The highest BCUT2D eigenvalue weighted by Gasteiger charge is 2.32. The molecule has 142 valence electrons. The molecule has 3 aliphatic heterocycles. The Morgan fingerprint density at radius 2 is 1.93 bits per heavy atom. The van der Waals surface area contributed by atoms with Crippen molar-refractivity contribution < 1.29 is 4.79 Å². The topological polar surface area (TPSA) is 39.7 Å². The molecule has 0 spiro atoms. The van der Waals surface area contributed by atoms with Crippen molar-refractivity contribution in [2.24, 2.45) is 5.92 Å². The van der Waals surface area contributed by atoms with Crippen molar-refractivity contribution in [1.29, 1.82) is 0 Å². The van der Waals surface area contributed by atoms with Crippen LogP contribution >= 0.6 is 0 Å². The zero-order chi connectivity index (χ0) is 18.9. The average Bonchev–Trinajstić information content (AvgIpc) is 3.13. The largest absolute Gasteiger partial charge is 0.370 e. The van der Waals surface area contributed by atoms with E-state index in [0.717, 1.165) is 50.3 Å². The Bertz CT molecular complexity index is 929. The van der Waals surface area contributed by atoms with Crippen LogP contribution in [-0.2, 0) is 11.3 Å². The third-order valence-corrected chi connectivity index (χ3v) is 5.94. The van der Waals surface area contributed by atoms with Crippen LogP contribution in [0.3, 0.4) is 0 Å². The quantitative estimate of drug-likeness (QED) is 0.801. The highest BCUT2D eigenvalue weighted by molar-refractivity contribution is 5.98. The molecule has 0 saturated carbocycles. The van der Waals surface area contributed by atoms with Gasteiger partial charge in [0, 0.05) is 56.3 Å². The van der Waals surface area contributed by atoms with Gasteiger partial charge in [0.25, 0.3) is 0 Å². The van der Waals surface area contributed by atoms with Gasteiger partial charge in [0.05, 0.1) is 17.6 Å². The summed E-state index contributed by atoms with van der Waals surface area (Å²) in [5.41, 5.74) is 4.56. The maximum Gasteiger partial charge on any atom is 0.234 e. The van der Waals surface area contributed by atoms with Crippen LogP contribution in [0.25, 0.3) is 0 Å². The number of nitrogens with zero attached hydrogens (tertiary/aromatic N) is 4. The Kier molecular flexibility index (Phi) is 4.35. The van der Waals surface area contributed by atoms with Gasteiger partial charge in [-0.15, -0.1) is 0 Å². The molecule has 0 unspecified atom stereocenters. The molecule has 1 aromatic carbocycles. The predicted molar refractivity (Wildman–Crippen MR) is 110 cm³/mol. The summed E-state index contributed by atoms with van der Waals surface area (Å²) in [6.07, 6.45) is 12.7. The number of hydrogen-bond acceptors (Lipinski definition) is 4. The molecule has 5 nitrogen and oxygen atoms in total. The van der Waals surface area contributed by atoms with Crippen molar-refractivity contribution in [3.8, 4) is 0 Å². The Balaban J connectivity index is 1.37. The number of hydrogen-bond donors (Lipinski definition) is 0. The van der Waals surface area contributed by atoms with Crippen LogP contribution in [0.4, 0.5) is 11.4 Å². The summed E-state index contributed by atoms with van der Waals surface area (Å²) in [6, 6.07) is 12.3. The first-order valence-electron chi connectivity index (χ1n) is 9.99. The van der Waals surface area contributed by atoms with E-state index in [1.807, 2.05) is 23.2 Å². The first kappa shape index (κ1) is 17.0. The van der Waals surface area contributed by atoms with Crippen LogP contribution < -0.4 is 9.80 Å². The zero-order valence-corrected chi connectivity index (χ0v) is 15.9. The molecule has 0 atom stereocenters. The summed E-state index contributed by atoms with van der Waals surface area (Å²) in [5, 5.41) is 0. The highest BCUT2D eigenvalue weighted by atomic mass is 16.2. The fourth-order valence-electron chi connectivity index (χ4n) is 4.38. The van der Waals surface area contributed by atoms with E-state index in [0.29, 0.717) is 0 Å². The van der Waals surface area contributed by atoms with Gasteiger partial charge in [0.1, 0.15) is 0 Å². The smallest absolute Gasteiger partial charge is 0.234 e. The molecular formula is C23H24N4O. The average molecular weight is 372 g/mol. The lowest BCUT2D eigenvalue weighted by Gasteiger charge is -2.34. The maximum atomic E-state index is 13.5. The van der Waals surface area contributed by atoms with Gasteiger partial charge in [-0.05, 0) is 36.6 Å². The fourth-order valence-corrected chi connectivity index (χ4v) is 4.38. The van der Waals surface area contributed by atoms with E-state index in [1.165, 1.54) is 11.3 Å². The lowest BCUT2D eigenvalue weighted by Crippen LogP contribution is -2.41. The number of para-hydroxylation sites is 1. The number of aromatic nitrogens is 1. The molecule has 0 radical (unpaired) electrons. The second-order valence-corrected chi connectivity index (χ2v) is 7.65. The first-order valence-corrected chi connectivity index (χ1v) is 9.99. The Morgan fingerprint density at radius 1 is 1.07 bits per heavy atom. The minimum absolute atomic E-state index is 0.0544. The Hall–Kier alpha value is -3.08. The van der Waals surface area contributed by atoms with Gasteiger partial charge in [-0.3, -0.25) is 14.7 Å². The number of pyridine rings is 1. The van der Waals surface area contributed by atoms with E-state index in [9.17, 15) is 4.79 Å². The molecule has 5 rings (SSSR count). The molecule has 1 fully saturated rings. The summed E-state index contributed by atoms with van der Waals surface area (Å²) in [6.45, 7) is 2.60. The molecule has 4 heterocycles. The third kappa shape index (κ3) is 3.07. The van der Waals surface area contributed by atoms with Crippen LogP contribution in [0.15, 0.2) is 73.0 Å². The van der Waals surface area contributed by atoms with Crippen LogP contribution in [0.5, 0.6) is 0 Å². The van der Waals surface area contributed by atoms with E-state index in [1.54, 1.807) is 6.20 Å². The Morgan fingerprint density at radius 3 is 2.75 bits per heavy atom. The number of fused-ring (bicyclic) bond motifs is 2. The second-order valence-electron chi connectivity index (χ2n) is 7.65. The molecule has 0 aliphatic carbocycles. The molecular weight excluding hydrogens is 348 g/mol. The molecule has 1 saturated heterocycles. The van der Waals surface area contributed by atoms with Gasteiger partial charge in [0.2, 0.25) is 5.91 Å². The van der Waals surface area contributed by atoms with E-state index in [4.69, 9.17) is 0 Å². The highest BCUT2D eigenvalue weighted by Crippen LogP contribution is 2.34. The first-order chi connectivity index (χ1) is 13.8. The zero-order valence-electron chi connectivity index (χ0n) is 15.9. The monoisotopic (exact) mass is 372 g/mol. The van der Waals surface area contributed by atoms with Crippen molar-refractivity contribution in [2.45, 2.75) is 25.8 Å². The van der Waals surface area contributed by atoms with Crippen LogP contribution in [-0.4, -0.2) is 28.9 Å². The number of piperidine rings is 1. The number of anilines is 2. The van der Waals surface area contributed by atoms with E-state index in [2.05, 4.69) is 57.5 Å². The maximum absolute atomic E-state index is 13.5. The van der Waals surface area contributed by atoms with Gasteiger partial charge >= 0.3 is 0 Å². The third-order valence-electron chi connectivity index (χ3n) is 5.94. The van der Waals surface area contributed by atoms with Crippen LogP contribution in [0.1, 0.15) is 24.8 Å². The molecule has 5 heteroatoms. The SMILES string of the molecule is O=C(C1CCN(c2cccnc2)CC1)N1C=C2CC=CN2Cc2ccccc21. The number of allylic oxidation sites excluding steroid dienone is 1. The second kappa shape index (κ2) is 7.15. The van der Waals surface area contributed by atoms with Crippen LogP contribution in [0, 0.1) is 5.92 Å². The molecule has 2 aromatic rings. The van der Waals surface area contributed by atoms with Gasteiger partial charge in [-0.2, -0.15) is 0 Å². The van der Waals surface area contributed by atoms with Crippen molar-refractivity contribution in [1.82, 2.24) is 9.88 Å². The van der Waals surface area contributed by atoms with E-state index < -0.39 is 0 Å². The summed E-state index contributed by atoms with van der Waals surface area (Å²) >= 11 is 0. The summed E-state index contributed by atoms with van der Waals surface area (Å²) in [4.78, 5) is 24.2. The normalized spacial score (nSPS) is 19.1. The van der Waals surface area contributed by atoms with Crippen molar-refractivity contribution in [3.63, 3.8) is 0 Å². The fraction of sp³-hybridized carbons (Fsp3) is 0.304. The van der Waals surface area contributed by atoms with Crippen molar-refractivity contribution >= 4 is 17.3 Å². The molecule has 1 aromatic heterocycles. The van der Waals surface area contributed by atoms with Crippen molar-refractivity contribution in [3.05, 3.63) is 78.5 Å². The minimum atomic E-state index is 0.0544. The number of carbonyl (C=O) groups is 1. The standard InChI is InChI=1S/C23H24N4O/c28-23(18-9-13-25(14-10-18)20-6-3-11-24-15-20)27-17-21-7-4-12-26(21)16-19-5-1-2-8-22(19)27/h1-6,8,11-12,15,17-18H,7,9-10,13-14,16H2. The van der Waals surface area contributed by atoms with Gasteiger partial charge < -0.3 is 9.80 Å². The summed E-state index contributed by atoms with van der Waals surface area (Å²) in [7, 11) is 0. The minimum Gasteiger partial charge on any atom is -0.370 e. The van der Waals surface area contributed by atoms with E-state index >= 15 is 0 Å². The van der Waals surface area contributed by atoms with Gasteiger partial charge in [0.15, 0.2) is 0 Å². The number of carbonyl (C=O) groups excluding carboxylic acids is 1. The molecule has 28 heavy (non-hydrogen) atoms. The molecule has 1 amide bonds. The Labute approximate surface area is 165 Å². The molecule has 0 N–H and O–H groups in total. The summed E-state index contributed by atoms with van der Waals surface area (Å²) in [5.74, 6) is 0.276. The molecule has 0 bridgehead atoms. The van der Waals surface area contributed by atoms with Crippen molar-refractivity contribution in [2.75, 3.05) is 22.9 Å².